The molecule has 2 fully saturated rings. The maximum atomic E-state index is 9.95. The molecule has 2 aliphatic rings. The van der Waals surface area contributed by atoms with E-state index in [9.17, 15) is 5.11 Å². The third-order valence-corrected chi connectivity index (χ3v) is 5.59. The van der Waals surface area contributed by atoms with Gasteiger partial charge in [-0.3, -0.25) is 0 Å². The summed E-state index contributed by atoms with van der Waals surface area (Å²) in [6.45, 7) is 9.37. The SMILES string of the molecule is CCC[C@@H](O)/C=C1\C[C@H]2CC[C@]1(C)C2(C)C. The van der Waals surface area contributed by atoms with Crippen LogP contribution in [0.2, 0.25) is 0 Å². The summed E-state index contributed by atoms with van der Waals surface area (Å²) in [6, 6.07) is 0. The fraction of sp³-hybridized carbons (Fsp3) is 0.867. The summed E-state index contributed by atoms with van der Waals surface area (Å²) >= 11 is 0. The zero-order valence-corrected chi connectivity index (χ0v) is 11.2. The summed E-state index contributed by atoms with van der Waals surface area (Å²) in [4.78, 5) is 0. The summed E-state index contributed by atoms with van der Waals surface area (Å²) in [6.07, 6.45) is 7.85. The highest BCUT2D eigenvalue weighted by Gasteiger charge is 2.58. The van der Waals surface area contributed by atoms with Crippen LogP contribution in [0.5, 0.6) is 0 Å². The lowest BCUT2D eigenvalue weighted by Gasteiger charge is -2.36. The third-order valence-electron chi connectivity index (χ3n) is 5.59. The average Bonchev–Trinajstić information content (AvgIpc) is 2.51. The molecule has 16 heavy (non-hydrogen) atoms. The molecule has 2 saturated carbocycles. The van der Waals surface area contributed by atoms with Crippen molar-refractivity contribution >= 4 is 0 Å². The Morgan fingerprint density at radius 2 is 2.12 bits per heavy atom. The molecule has 1 nitrogen and oxygen atoms in total. The van der Waals surface area contributed by atoms with Gasteiger partial charge in [-0.25, -0.2) is 0 Å². The lowest BCUT2D eigenvalue weighted by Crippen LogP contribution is -2.28. The van der Waals surface area contributed by atoms with E-state index in [0.717, 1.165) is 18.8 Å². The molecule has 92 valence electrons. The van der Waals surface area contributed by atoms with E-state index in [-0.39, 0.29) is 6.10 Å². The fourth-order valence-electron chi connectivity index (χ4n) is 3.88. The first-order valence-electron chi connectivity index (χ1n) is 6.81. The van der Waals surface area contributed by atoms with Gasteiger partial charge in [-0.1, -0.05) is 45.8 Å². The highest BCUT2D eigenvalue weighted by Crippen LogP contribution is 2.67. The molecule has 0 amide bonds. The van der Waals surface area contributed by atoms with Gasteiger partial charge in [0, 0.05) is 0 Å². The number of aliphatic hydroxyl groups is 1. The number of rotatable bonds is 3. The molecule has 0 unspecified atom stereocenters. The van der Waals surface area contributed by atoms with Crippen molar-refractivity contribution in [3.05, 3.63) is 11.6 Å². The molecule has 0 heterocycles. The summed E-state index contributed by atoms with van der Waals surface area (Å²) in [5.41, 5.74) is 2.33. The van der Waals surface area contributed by atoms with Crippen LogP contribution in [-0.4, -0.2) is 11.2 Å². The highest BCUT2D eigenvalue weighted by atomic mass is 16.3. The molecule has 2 rings (SSSR count). The summed E-state index contributed by atoms with van der Waals surface area (Å²) in [5, 5.41) is 9.95. The number of allylic oxidation sites excluding steroid dienone is 1. The topological polar surface area (TPSA) is 20.2 Å². The van der Waals surface area contributed by atoms with Gasteiger partial charge in [-0.2, -0.15) is 0 Å². The molecule has 0 aromatic carbocycles. The molecular weight excluding hydrogens is 196 g/mol. The average molecular weight is 222 g/mol. The van der Waals surface area contributed by atoms with Crippen LogP contribution in [-0.2, 0) is 0 Å². The van der Waals surface area contributed by atoms with Crippen molar-refractivity contribution in [3.63, 3.8) is 0 Å². The van der Waals surface area contributed by atoms with E-state index in [4.69, 9.17) is 0 Å². The second-order valence-corrected chi connectivity index (χ2v) is 6.54. The van der Waals surface area contributed by atoms with Gasteiger partial charge in [-0.05, 0) is 42.4 Å². The van der Waals surface area contributed by atoms with E-state index in [1.807, 2.05) is 0 Å². The number of fused-ring (bicyclic) bond motifs is 2. The molecular formula is C15H26O. The van der Waals surface area contributed by atoms with Crippen LogP contribution in [0.15, 0.2) is 11.6 Å². The van der Waals surface area contributed by atoms with Gasteiger partial charge in [-0.15, -0.1) is 0 Å². The van der Waals surface area contributed by atoms with Gasteiger partial charge < -0.3 is 5.11 Å². The van der Waals surface area contributed by atoms with E-state index in [1.54, 1.807) is 0 Å². The quantitative estimate of drug-likeness (QED) is 0.718. The Morgan fingerprint density at radius 1 is 1.44 bits per heavy atom. The van der Waals surface area contributed by atoms with Crippen LogP contribution in [0.25, 0.3) is 0 Å². The molecule has 3 atom stereocenters. The minimum Gasteiger partial charge on any atom is -0.389 e. The van der Waals surface area contributed by atoms with Gasteiger partial charge in [0.25, 0.3) is 0 Å². The Balaban J connectivity index is 2.21. The zero-order chi connectivity index (χ0) is 12.0. The van der Waals surface area contributed by atoms with Crippen LogP contribution in [0, 0.1) is 16.7 Å². The molecule has 2 bridgehead atoms. The first kappa shape index (κ1) is 12.2. The van der Waals surface area contributed by atoms with Crippen molar-refractivity contribution in [2.45, 2.75) is 65.9 Å². The van der Waals surface area contributed by atoms with E-state index in [0.29, 0.717) is 10.8 Å². The van der Waals surface area contributed by atoms with Gasteiger partial charge in [0.05, 0.1) is 6.10 Å². The highest BCUT2D eigenvalue weighted by molar-refractivity contribution is 5.29. The van der Waals surface area contributed by atoms with Crippen LogP contribution in [0.1, 0.15) is 59.8 Å². The third kappa shape index (κ3) is 1.55. The minimum atomic E-state index is -0.216. The van der Waals surface area contributed by atoms with Crippen molar-refractivity contribution in [1.82, 2.24) is 0 Å². The predicted molar refractivity (Wildman–Crippen MR) is 68.2 cm³/mol. The Bertz CT molecular complexity index is 303. The molecule has 0 aromatic rings. The predicted octanol–water partition coefficient (Wildman–Crippen LogP) is 3.92. The van der Waals surface area contributed by atoms with E-state index in [1.165, 1.54) is 24.8 Å². The fourth-order valence-corrected chi connectivity index (χ4v) is 3.88. The number of hydrogen-bond acceptors (Lipinski definition) is 1. The Kier molecular flexibility index (Phi) is 2.94. The molecule has 0 aliphatic heterocycles. The van der Waals surface area contributed by atoms with E-state index in [2.05, 4.69) is 33.8 Å². The van der Waals surface area contributed by atoms with Gasteiger partial charge in [0.15, 0.2) is 0 Å². The second kappa shape index (κ2) is 3.87. The smallest absolute Gasteiger partial charge is 0.0723 e. The second-order valence-electron chi connectivity index (χ2n) is 6.54. The molecule has 1 heteroatoms. The first-order valence-corrected chi connectivity index (χ1v) is 6.81. The first-order chi connectivity index (χ1) is 7.41. The van der Waals surface area contributed by atoms with Crippen LogP contribution in [0.3, 0.4) is 0 Å². The normalized spacial score (nSPS) is 40.6. The molecule has 0 saturated heterocycles. The van der Waals surface area contributed by atoms with Crippen molar-refractivity contribution in [3.8, 4) is 0 Å². The van der Waals surface area contributed by atoms with Gasteiger partial charge in [0.2, 0.25) is 0 Å². The van der Waals surface area contributed by atoms with Crippen LogP contribution < -0.4 is 0 Å². The maximum Gasteiger partial charge on any atom is 0.0723 e. The van der Waals surface area contributed by atoms with Crippen LogP contribution >= 0.6 is 0 Å². The lowest BCUT2D eigenvalue weighted by molar-refractivity contribution is 0.174. The summed E-state index contributed by atoms with van der Waals surface area (Å²) < 4.78 is 0. The van der Waals surface area contributed by atoms with E-state index < -0.39 is 0 Å². The number of hydrogen-bond donors (Lipinski definition) is 1. The van der Waals surface area contributed by atoms with Crippen molar-refractivity contribution in [2.75, 3.05) is 0 Å². The standard InChI is InChI=1S/C15H26O/c1-5-6-13(16)10-12-9-11-7-8-15(12,4)14(11,2)3/h10-11,13,16H,5-9H2,1-4H3/b12-10+/t11-,13-,15+/m1/s1. The largest absolute Gasteiger partial charge is 0.389 e. The van der Waals surface area contributed by atoms with Crippen LogP contribution in [0.4, 0.5) is 0 Å². The Labute approximate surface area is 99.9 Å². The summed E-state index contributed by atoms with van der Waals surface area (Å²) in [7, 11) is 0. The Hall–Kier alpha value is -0.300. The monoisotopic (exact) mass is 222 g/mol. The minimum absolute atomic E-state index is 0.216. The van der Waals surface area contributed by atoms with Crippen molar-refractivity contribution in [2.24, 2.45) is 16.7 Å². The molecule has 0 radical (unpaired) electrons. The molecule has 0 aromatic heterocycles. The summed E-state index contributed by atoms with van der Waals surface area (Å²) in [5.74, 6) is 0.845. The lowest BCUT2D eigenvalue weighted by atomic mass is 9.69. The van der Waals surface area contributed by atoms with Gasteiger partial charge in [0.1, 0.15) is 0 Å². The number of aliphatic hydroxyl groups excluding tert-OH is 1. The molecule has 1 N–H and O–H groups in total. The van der Waals surface area contributed by atoms with Crippen molar-refractivity contribution < 1.29 is 5.11 Å². The molecule has 2 aliphatic carbocycles. The molecule has 0 spiro atoms. The van der Waals surface area contributed by atoms with E-state index >= 15 is 0 Å². The maximum absolute atomic E-state index is 9.95. The van der Waals surface area contributed by atoms with Gasteiger partial charge >= 0.3 is 0 Å². The van der Waals surface area contributed by atoms with Crippen molar-refractivity contribution in [1.29, 1.82) is 0 Å². The zero-order valence-electron chi connectivity index (χ0n) is 11.2. The Morgan fingerprint density at radius 3 is 2.56 bits per heavy atom.